The van der Waals surface area contributed by atoms with Crippen molar-refractivity contribution < 1.29 is 32.2 Å². The van der Waals surface area contributed by atoms with E-state index in [9.17, 15) is 22.8 Å². The summed E-state index contributed by atoms with van der Waals surface area (Å²) < 4.78 is 46.4. The van der Waals surface area contributed by atoms with Crippen LogP contribution < -0.4 is 14.4 Å². The molecule has 1 saturated heterocycles. The molecular weight excluding hydrogens is 427 g/mol. The SMILES string of the molecule is COc1cccc2nccc(CN3C(=O)N(c4ccc(OC(F)(F)F)cc4)C(=O)C3C)c12. The summed E-state index contributed by atoms with van der Waals surface area (Å²) in [5.41, 5.74) is 1.59. The Morgan fingerprint density at radius 3 is 2.44 bits per heavy atom. The van der Waals surface area contributed by atoms with Gasteiger partial charge in [0.15, 0.2) is 0 Å². The molecule has 32 heavy (non-hydrogen) atoms. The highest BCUT2D eigenvalue weighted by Crippen LogP contribution is 2.32. The van der Waals surface area contributed by atoms with E-state index in [4.69, 9.17) is 4.74 Å². The number of aromatic nitrogens is 1. The van der Waals surface area contributed by atoms with Crippen molar-refractivity contribution in [2.24, 2.45) is 0 Å². The standard InChI is InChI=1S/C22H18F3N3O4/c1-13-20(29)28(15-6-8-16(9-7-15)32-22(23,24)25)21(30)27(13)12-14-10-11-26-17-4-3-5-18(31-2)19(14)17/h3-11,13H,12H2,1-2H3. The zero-order valence-corrected chi connectivity index (χ0v) is 17.1. The number of ether oxygens (including phenoxy) is 2. The quantitative estimate of drug-likeness (QED) is 0.541. The number of nitrogens with zero attached hydrogens (tertiary/aromatic N) is 3. The third-order valence-electron chi connectivity index (χ3n) is 5.19. The summed E-state index contributed by atoms with van der Waals surface area (Å²) >= 11 is 0. The zero-order valence-electron chi connectivity index (χ0n) is 17.1. The fourth-order valence-corrected chi connectivity index (χ4v) is 3.67. The van der Waals surface area contributed by atoms with Crippen LogP contribution in [0.3, 0.4) is 0 Å². The van der Waals surface area contributed by atoms with Crippen molar-refractivity contribution in [3.8, 4) is 11.5 Å². The van der Waals surface area contributed by atoms with Gasteiger partial charge in [0.2, 0.25) is 0 Å². The van der Waals surface area contributed by atoms with Gasteiger partial charge in [0.05, 0.1) is 18.3 Å². The van der Waals surface area contributed by atoms with E-state index in [1.165, 1.54) is 24.1 Å². The fraction of sp³-hybridized carbons (Fsp3) is 0.227. The third kappa shape index (κ3) is 3.91. The summed E-state index contributed by atoms with van der Waals surface area (Å²) in [4.78, 5) is 32.6. The number of pyridine rings is 1. The van der Waals surface area contributed by atoms with Gasteiger partial charge >= 0.3 is 12.4 Å². The highest BCUT2D eigenvalue weighted by atomic mass is 19.4. The molecule has 1 atom stereocenters. The Bertz CT molecular complexity index is 1180. The zero-order chi connectivity index (χ0) is 23.0. The van der Waals surface area contributed by atoms with Gasteiger partial charge in [-0.05, 0) is 55.0 Å². The molecule has 7 nitrogen and oxygen atoms in total. The van der Waals surface area contributed by atoms with Gasteiger partial charge in [-0.15, -0.1) is 13.2 Å². The second kappa shape index (κ2) is 8.03. The van der Waals surface area contributed by atoms with Gasteiger partial charge in [0.1, 0.15) is 17.5 Å². The Balaban J connectivity index is 1.62. The van der Waals surface area contributed by atoms with E-state index in [1.54, 1.807) is 31.3 Å². The van der Waals surface area contributed by atoms with Crippen molar-refractivity contribution in [1.29, 1.82) is 0 Å². The van der Waals surface area contributed by atoms with Crippen molar-refractivity contribution in [1.82, 2.24) is 9.88 Å². The number of anilines is 1. The topological polar surface area (TPSA) is 72.0 Å². The molecule has 0 radical (unpaired) electrons. The molecule has 0 saturated carbocycles. The minimum Gasteiger partial charge on any atom is -0.496 e. The first-order valence-electron chi connectivity index (χ1n) is 9.60. The first-order valence-corrected chi connectivity index (χ1v) is 9.60. The van der Waals surface area contributed by atoms with Gasteiger partial charge in [-0.25, -0.2) is 9.69 Å². The first kappa shape index (κ1) is 21.4. The molecule has 1 aliphatic rings. The molecule has 1 fully saturated rings. The lowest BCUT2D eigenvalue weighted by atomic mass is 10.1. The van der Waals surface area contributed by atoms with Crippen LogP contribution >= 0.6 is 0 Å². The number of fused-ring (bicyclic) bond motifs is 1. The molecule has 1 aromatic heterocycles. The summed E-state index contributed by atoms with van der Waals surface area (Å²) in [5, 5.41) is 0.733. The Morgan fingerprint density at radius 2 is 1.78 bits per heavy atom. The van der Waals surface area contributed by atoms with E-state index in [1.807, 2.05) is 6.07 Å². The number of methoxy groups -OCH3 is 1. The Kier molecular flexibility index (Phi) is 5.37. The molecule has 1 unspecified atom stereocenters. The number of benzene rings is 2. The number of rotatable bonds is 5. The average molecular weight is 445 g/mol. The van der Waals surface area contributed by atoms with Crippen LogP contribution in [0.4, 0.5) is 23.7 Å². The van der Waals surface area contributed by atoms with Crippen molar-refractivity contribution in [2.75, 3.05) is 12.0 Å². The molecule has 1 aliphatic heterocycles. The molecule has 10 heteroatoms. The number of hydrogen-bond acceptors (Lipinski definition) is 5. The van der Waals surface area contributed by atoms with Crippen LogP contribution in [0, 0.1) is 0 Å². The number of amides is 3. The number of urea groups is 1. The van der Waals surface area contributed by atoms with E-state index in [-0.39, 0.29) is 12.2 Å². The summed E-state index contributed by atoms with van der Waals surface area (Å²) in [5.74, 6) is -0.334. The van der Waals surface area contributed by atoms with Crippen molar-refractivity contribution in [3.05, 3.63) is 60.3 Å². The highest BCUT2D eigenvalue weighted by Gasteiger charge is 2.43. The number of alkyl halides is 3. The van der Waals surface area contributed by atoms with Crippen molar-refractivity contribution >= 4 is 28.5 Å². The van der Waals surface area contributed by atoms with Gasteiger partial charge in [0.25, 0.3) is 5.91 Å². The van der Waals surface area contributed by atoms with Gasteiger partial charge in [-0.1, -0.05) is 6.07 Å². The number of carbonyl (C=O) groups is 2. The second-order valence-electron chi connectivity index (χ2n) is 7.13. The molecule has 2 aromatic carbocycles. The maximum absolute atomic E-state index is 13.1. The summed E-state index contributed by atoms with van der Waals surface area (Å²) in [7, 11) is 1.53. The summed E-state index contributed by atoms with van der Waals surface area (Å²) in [6, 6.07) is 10.4. The van der Waals surface area contributed by atoms with Crippen LogP contribution in [0.1, 0.15) is 12.5 Å². The molecule has 0 aliphatic carbocycles. The van der Waals surface area contributed by atoms with Crippen LogP contribution in [0.15, 0.2) is 54.7 Å². The first-order chi connectivity index (χ1) is 15.2. The maximum Gasteiger partial charge on any atom is 0.573 e. The van der Waals surface area contributed by atoms with E-state index < -0.39 is 30.1 Å². The summed E-state index contributed by atoms with van der Waals surface area (Å²) in [6.45, 7) is 1.72. The molecule has 3 amide bonds. The van der Waals surface area contributed by atoms with Gasteiger partial charge < -0.3 is 14.4 Å². The van der Waals surface area contributed by atoms with Crippen molar-refractivity contribution in [2.45, 2.75) is 25.9 Å². The van der Waals surface area contributed by atoms with Crippen LogP contribution in [0.5, 0.6) is 11.5 Å². The van der Waals surface area contributed by atoms with Crippen LogP contribution in [0.2, 0.25) is 0 Å². The Hall–Kier alpha value is -3.82. The van der Waals surface area contributed by atoms with E-state index in [2.05, 4.69) is 9.72 Å². The van der Waals surface area contributed by atoms with Crippen LogP contribution in [-0.4, -0.2) is 41.3 Å². The smallest absolute Gasteiger partial charge is 0.496 e. The third-order valence-corrected chi connectivity index (χ3v) is 5.19. The molecule has 166 valence electrons. The van der Waals surface area contributed by atoms with Gasteiger partial charge in [-0.3, -0.25) is 9.78 Å². The molecule has 0 N–H and O–H groups in total. The average Bonchev–Trinajstić information content (AvgIpc) is 2.96. The fourth-order valence-electron chi connectivity index (χ4n) is 3.67. The van der Waals surface area contributed by atoms with Crippen LogP contribution in [0.25, 0.3) is 10.9 Å². The van der Waals surface area contributed by atoms with Crippen LogP contribution in [-0.2, 0) is 11.3 Å². The number of imide groups is 1. The Morgan fingerprint density at radius 1 is 1.06 bits per heavy atom. The maximum atomic E-state index is 13.1. The normalized spacial score (nSPS) is 16.7. The van der Waals surface area contributed by atoms with Crippen molar-refractivity contribution in [3.63, 3.8) is 0 Å². The molecule has 0 bridgehead atoms. The molecule has 3 aromatic rings. The number of carbonyl (C=O) groups excluding carboxylic acids is 2. The monoisotopic (exact) mass is 445 g/mol. The number of halogens is 3. The molecule has 0 spiro atoms. The summed E-state index contributed by atoms with van der Waals surface area (Å²) in [6.07, 6.45) is -3.22. The van der Waals surface area contributed by atoms with E-state index >= 15 is 0 Å². The van der Waals surface area contributed by atoms with Gasteiger partial charge in [-0.2, -0.15) is 0 Å². The predicted octanol–water partition coefficient (Wildman–Crippen LogP) is 4.50. The minimum absolute atomic E-state index is 0.122. The Labute approximate surface area is 181 Å². The molecular formula is C22H18F3N3O4. The van der Waals surface area contributed by atoms with Gasteiger partial charge in [0, 0.05) is 18.1 Å². The largest absolute Gasteiger partial charge is 0.573 e. The van der Waals surface area contributed by atoms with E-state index in [0.29, 0.717) is 11.3 Å². The minimum atomic E-state index is -4.83. The molecule has 4 rings (SSSR count). The lowest BCUT2D eigenvalue weighted by molar-refractivity contribution is -0.274. The second-order valence-corrected chi connectivity index (χ2v) is 7.13. The predicted molar refractivity (Wildman–Crippen MR) is 109 cm³/mol. The van der Waals surface area contributed by atoms with E-state index in [0.717, 1.165) is 28.0 Å². The lowest BCUT2D eigenvalue weighted by Crippen LogP contribution is -2.33. The molecule has 2 heterocycles. The highest BCUT2D eigenvalue weighted by molar-refractivity contribution is 6.21. The number of hydrogen-bond donors (Lipinski definition) is 0. The lowest BCUT2D eigenvalue weighted by Gasteiger charge is -2.21.